The van der Waals surface area contributed by atoms with E-state index in [0.717, 1.165) is 28.9 Å². The van der Waals surface area contributed by atoms with Crippen molar-refractivity contribution in [1.29, 1.82) is 0 Å². The lowest BCUT2D eigenvalue weighted by Crippen LogP contribution is -2.44. The van der Waals surface area contributed by atoms with Gasteiger partial charge in [0.1, 0.15) is 36.9 Å². The standard InChI is InChI=1S/C23H30ClN3O5/c1-16-8-18(4-7-23(16)32-14-20(29)10-24)9-17-2-5-22(6-3-17)31-15-21(30)12-27-19(13-28)11-25-26-27/h2-8,11,20-21,25-26,28-30H,9-10,12-15H2,1H3/t20-,21+/m1/s1. The Morgan fingerprint density at radius 2 is 1.72 bits per heavy atom. The lowest BCUT2D eigenvalue weighted by molar-refractivity contribution is 0.0600. The number of benzene rings is 2. The fourth-order valence-corrected chi connectivity index (χ4v) is 3.34. The van der Waals surface area contributed by atoms with E-state index in [0.29, 0.717) is 11.4 Å². The Morgan fingerprint density at radius 3 is 2.41 bits per heavy atom. The quantitative estimate of drug-likeness (QED) is 0.301. The summed E-state index contributed by atoms with van der Waals surface area (Å²) in [5.41, 5.74) is 9.54. The molecule has 1 aliphatic rings. The fraction of sp³-hybridized carbons (Fsp3) is 0.391. The van der Waals surface area contributed by atoms with Gasteiger partial charge in [0.15, 0.2) is 0 Å². The third-order valence-electron chi connectivity index (χ3n) is 4.96. The van der Waals surface area contributed by atoms with Gasteiger partial charge in [-0.05, 0) is 48.2 Å². The second-order valence-electron chi connectivity index (χ2n) is 7.67. The fourth-order valence-electron chi connectivity index (χ4n) is 3.25. The van der Waals surface area contributed by atoms with Gasteiger partial charge in [-0.3, -0.25) is 5.01 Å². The molecule has 2 aromatic carbocycles. The first-order valence-electron chi connectivity index (χ1n) is 10.4. The third-order valence-corrected chi connectivity index (χ3v) is 5.32. The number of halogens is 1. The number of rotatable bonds is 12. The maximum Gasteiger partial charge on any atom is 0.122 e. The van der Waals surface area contributed by atoms with Gasteiger partial charge in [-0.2, -0.15) is 0 Å². The monoisotopic (exact) mass is 463 g/mol. The van der Waals surface area contributed by atoms with Gasteiger partial charge < -0.3 is 30.2 Å². The molecule has 0 radical (unpaired) electrons. The normalized spacial score (nSPS) is 15.2. The number of hydrazine groups is 2. The maximum atomic E-state index is 10.2. The van der Waals surface area contributed by atoms with Crippen LogP contribution >= 0.6 is 11.6 Å². The molecule has 0 amide bonds. The lowest BCUT2D eigenvalue weighted by atomic mass is 10.0. The lowest BCUT2D eigenvalue weighted by Gasteiger charge is -2.23. The van der Waals surface area contributed by atoms with Crippen molar-refractivity contribution in [3.8, 4) is 11.5 Å². The van der Waals surface area contributed by atoms with Crippen molar-refractivity contribution in [2.45, 2.75) is 25.6 Å². The van der Waals surface area contributed by atoms with E-state index in [1.165, 1.54) is 0 Å². The average Bonchev–Trinajstić information content (AvgIpc) is 3.24. The van der Waals surface area contributed by atoms with Crippen LogP contribution in [0.15, 0.2) is 54.4 Å². The van der Waals surface area contributed by atoms with E-state index in [-0.39, 0.29) is 32.2 Å². The van der Waals surface area contributed by atoms with Gasteiger partial charge in [0, 0.05) is 6.20 Å². The Hall–Kier alpha value is -2.49. The first kappa shape index (κ1) is 24.2. The van der Waals surface area contributed by atoms with Crippen molar-refractivity contribution in [2.24, 2.45) is 0 Å². The van der Waals surface area contributed by atoms with Gasteiger partial charge >= 0.3 is 0 Å². The van der Waals surface area contributed by atoms with Crippen LogP contribution in [-0.4, -0.2) is 64.8 Å². The summed E-state index contributed by atoms with van der Waals surface area (Å²) in [5.74, 6) is 1.56. The van der Waals surface area contributed by atoms with Crippen LogP contribution in [0.2, 0.25) is 0 Å². The Kier molecular flexibility index (Phi) is 9.01. The largest absolute Gasteiger partial charge is 0.491 e. The molecule has 174 valence electrons. The molecule has 0 bridgehead atoms. The molecule has 1 heterocycles. The van der Waals surface area contributed by atoms with Gasteiger partial charge in [-0.15, -0.1) is 17.1 Å². The molecule has 0 spiro atoms. The van der Waals surface area contributed by atoms with E-state index in [1.54, 1.807) is 11.2 Å². The Labute approximate surface area is 193 Å². The van der Waals surface area contributed by atoms with E-state index in [4.69, 9.17) is 21.1 Å². The maximum absolute atomic E-state index is 10.2. The van der Waals surface area contributed by atoms with Crippen molar-refractivity contribution in [3.63, 3.8) is 0 Å². The average molecular weight is 464 g/mol. The van der Waals surface area contributed by atoms with Crippen molar-refractivity contribution >= 4 is 11.6 Å². The van der Waals surface area contributed by atoms with E-state index >= 15 is 0 Å². The van der Waals surface area contributed by atoms with Crippen LogP contribution in [0.4, 0.5) is 0 Å². The highest BCUT2D eigenvalue weighted by atomic mass is 35.5. The molecule has 0 aliphatic carbocycles. The zero-order valence-electron chi connectivity index (χ0n) is 18.0. The molecular weight excluding hydrogens is 434 g/mol. The highest BCUT2D eigenvalue weighted by molar-refractivity contribution is 6.18. The second kappa shape index (κ2) is 11.9. The molecule has 0 unspecified atom stereocenters. The summed E-state index contributed by atoms with van der Waals surface area (Å²) in [6.45, 7) is 2.43. The topological polar surface area (TPSA) is 106 Å². The van der Waals surface area contributed by atoms with E-state index in [2.05, 4.69) is 17.0 Å². The number of aliphatic hydroxyl groups is 3. The minimum atomic E-state index is -0.730. The van der Waals surface area contributed by atoms with Crippen LogP contribution in [-0.2, 0) is 6.42 Å². The third kappa shape index (κ3) is 7.01. The Morgan fingerprint density at radius 1 is 1.00 bits per heavy atom. The molecule has 3 rings (SSSR count). The summed E-state index contributed by atoms with van der Waals surface area (Å²) < 4.78 is 11.3. The molecule has 0 aromatic heterocycles. The second-order valence-corrected chi connectivity index (χ2v) is 7.97. The number of hydrogen-bond acceptors (Lipinski definition) is 8. The Bertz CT molecular complexity index is 894. The number of aliphatic hydroxyl groups excluding tert-OH is 3. The number of hydrogen-bond donors (Lipinski definition) is 5. The molecule has 8 nitrogen and oxygen atoms in total. The molecule has 2 aromatic rings. The molecule has 9 heteroatoms. The number of alkyl halides is 1. The van der Waals surface area contributed by atoms with Gasteiger partial charge in [0.25, 0.3) is 0 Å². The van der Waals surface area contributed by atoms with Crippen LogP contribution in [0.3, 0.4) is 0 Å². The summed E-state index contributed by atoms with van der Waals surface area (Å²) in [6.07, 6.45) is 0.992. The van der Waals surface area contributed by atoms with E-state index in [1.807, 2.05) is 43.3 Å². The van der Waals surface area contributed by atoms with Crippen LogP contribution in [0, 0.1) is 6.92 Å². The molecule has 0 saturated heterocycles. The van der Waals surface area contributed by atoms with Gasteiger partial charge in [-0.1, -0.05) is 24.3 Å². The molecule has 32 heavy (non-hydrogen) atoms. The minimum absolute atomic E-state index is 0.124. The summed E-state index contributed by atoms with van der Waals surface area (Å²) in [7, 11) is 0. The van der Waals surface area contributed by atoms with Crippen molar-refractivity contribution in [1.82, 2.24) is 16.0 Å². The van der Waals surface area contributed by atoms with Gasteiger partial charge in [-0.25, -0.2) is 0 Å². The van der Waals surface area contributed by atoms with Crippen LogP contribution in [0.25, 0.3) is 0 Å². The summed E-state index contributed by atoms with van der Waals surface area (Å²) in [5, 5.41) is 30.6. The summed E-state index contributed by atoms with van der Waals surface area (Å²) in [4.78, 5) is 0. The predicted molar refractivity (Wildman–Crippen MR) is 122 cm³/mol. The van der Waals surface area contributed by atoms with Crippen molar-refractivity contribution in [3.05, 3.63) is 71.1 Å². The van der Waals surface area contributed by atoms with Crippen LogP contribution < -0.4 is 20.4 Å². The molecule has 0 saturated carbocycles. The number of β-amino-alcohol motifs (C(OH)–C–C–N with tert-alkyl or cyclic N) is 1. The summed E-state index contributed by atoms with van der Waals surface area (Å²) in [6, 6.07) is 13.7. The molecule has 2 atom stereocenters. The first-order valence-corrected chi connectivity index (χ1v) is 11.0. The number of ether oxygens (including phenoxy) is 2. The van der Waals surface area contributed by atoms with E-state index < -0.39 is 12.2 Å². The van der Waals surface area contributed by atoms with Crippen molar-refractivity contribution in [2.75, 3.05) is 32.2 Å². The zero-order valence-corrected chi connectivity index (χ0v) is 18.8. The SMILES string of the molecule is Cc1cc(Cc2ccc(OC[C@@H](O)CN3NNC=C3CO)cc2)ccc1OC[C@H](O)CCl. The number of nitrogens with one attached hydrogen (secondary N) is 2. The van der Waals surface area contributed by atoms with Crippen LogP contribution in [0.5, 0.6) is 11.5 Å². The summed E-state index contributed by atoms with van der Waals surface area (Å²) >= 11 is 5.60. The molecule has 5 N–H and O–H groups in total. The van der Waals surface area contributed by atoms with Crippen LogP contribution in [0.1, 0.15) is 16.7 Å². The minimum Gasteiger partial charge on any atom is -0.491 e. The molecule has 0 fully saturated rings. The highest BCUT2D eigenvalue weighted by Gasteiger charge is 2.18. The van der Waals surface area contributed by atoms with Gasteiger partial charge in [0.2, 0.25) is 0 Å². The highest BCUT2D eigenvalue weighted by Crippen LogP contribution is 2.22. The first-order chi connectivity index (χ1) is 15.5. The molecular formula is C23H30ClN3O5. The smallest absolute Gasteiger partial charge is 0.122 e. The van der Waals surface area contributed by atoms with Crippen molar-refractivity contribution < 1.29 is 24.8 Å². The molecule has 1 aliphatic heterocycles. The Balaban J connectivity index is 1.47. The van der Waals surface area contributed by atoms with Gasteiger partial charge in [0.05, 0.1) is 24.7 Å². The zero-order chi connectivity index (χ0) is 22.9. The predicted octanol–water partition coefficient (Wildman–Crippen LogP) is 1.46. The number of nitrogens with zero attached hydrogens (tertiary/aromatic N) is 1. The number of aryl methyl sites for hydroxylation is 1. The van der Waals surface area contributed by atoms with E-state index in [9.17, 15) is 15.3 Å².